The molecular formula is C11H19N5O. The molecule has 0 amide bonds. The van der Waals surface area contributed by atoms with Crippen molar-refractivity contribution in [1.82, 2.24) is 9.97 Å². The van der Waals surface area contributed by atoms with Gasteiger partial charge in [0.25, 0.3) is 0 Å². The smallest absolute Gasteiger partial charge is 0.239 e. The van der Waals surface area contributed by atoms with Crippen molar-refractivity contribution in [2.45, 2.75) is 44.2 Å². The van der Waals surface area contributed by atoms with Gasteiger partial charge in [0.05, 0.1) is 12.1 Å². The number of anilines is 2. The van der Waals surface area contributed by atoms with Crippen molar-refractivity contribution in [1.29, 1.82) is 0 Å². The van der Waals surface area contributed by atoms with Gasteiger partial charge in [-0.1, -0.05) is 19.3 Å². The van der Waals surface area contributed by atoms with E-state index >= 15 is 0 Å². The minimum Gasteiger partial charge on any atom is -0.391 e. The summed E-state index contributed by atoms with van der Waals surface area (Å²) in [7, 11) is 0. The molecule has 94 valence electrons. The van der Waals surface area contributed by atoms with Crippen LogP contribution in [0, 0.1) is 0 Å². The molecule has 1 fully saturated rings. The van der Waals surface area contributed by atoms with Gasteiger partial charge in [-0.3, -0.25) is 5.43 Å². The molecule has 0 saturated heterocycles. The van der Waals surface area contributed by atoms with Crippen LogP contribution in [0.25, 0.3) is 0 Å². The van der Waals surface area contributed by atoms with E-state index in [-0.39, 0.29) is 12.1 Å². The number of nitrogens with zero attached hydrogens (tertiary/aromatic N) is 2. The Kier molecular flexibility index (Phi) is 4.11. The molecule has 1 saturated carbocycles. The number of nitrogens with one attached hydrogen (secondary N) is 2. The van der Waals surface area contributed by atoms with Crippen LogP contribution in [0.4, 0.5) is 11.8 Å². The van der Waals surface area contributed by atoms with E-state index < -0.39 is 0 Å². The van der Waals surface area contributed by atoms with Gasteiger partial charge in [0.2, 0.25) is 5.95 Å². The number of nitrogens with two attached hydrogens (primary N) is 1. The number of aromatic nitrogens is 2. The summed E-state index contributed by atoms with van der Waals surface area (Å²) in [4.78, 5) is 8.12. The molecule has 1 aromatic heterocycles. The Bertz CT molecular complexity index is 359. The Morgan fingerprint density at radius 2 is 2.12 bits per heavy atom. The maximum absolute atomic E-state index is 9.99. The molecule has 1 aliphatic rings. The normalized spacial score (nSPS) is 25.1. The number of hydrogen-bond acceptors (Lipinski definition) is 6. The van der Waals surface area contributed by atoms with Crippen LogP contribution in [0.5, 0.6) is 0 Å². The molecule has 2 rings (SSSR count). The highest BCUT2D eigenvalue weighted by Crippen LogP contribution is 2.21. The van der Waals surface area contributed by atoms with Gasteiger partial charge in [-0.2, -0.15) is 4.98 Å². The van der Waals surface area contributed by atoms with Crippen LogP contribution in [0.3, 0.4) is 0 Å². The second kappa shape index (κ2) is 5.79. The Morgan fingerprint density at radius 3 is 2.94 bits per heavy atom. The average Bonchev–Trinajstić information content (AvgIpc) is 2.55. The number of aliphatic hydroxyl groups is 1. The van der Waals surface area contributed by atoms with Crippen molar-refractivity contribution in [3.05, 3.63) is 12.3 Å². The SMILES string of the molecule is NNc1nccc(NC2CCCCCC2O)n1. The molecule has 17 heavy (non-hydrogen) atoms. The summed E-state index contributed by atoms with van der Waals surface area (Å²) in [5.41, 5.74) is 2.40. The van der Waals surface area contributed by atoms with Crippen LogP contribution < -0.4 is 16.6 Å². The highest BCUT2D eigenvalue weighted by Gasteiger charge is 2.21. The van der Waals surface area contributed by atoms with Crippen LogP contribution in [0.1, 0.15) is 32.1 Å². The third kappa shape index (κ3) is 3.28. The van der Waals surface area contributed by atoms with Gasteiger partial charge in [-0.15, -0.1) is 0 Å². The predicted octanol–water partition coefficient (Wildman–Crippen LogP) is 0.868. The van der Waals surface area contributed by atoms with Gasteiger partial charge in [0.15, 0.2) is 0 Å². The van der Waals surface area contributed by atoms with E-state index in [4.69, 9.17) is 5.84 Å². The van der Waals surface area contributed by atoms with Crippen LogP contribution >= 0.6 is 0 Å². The van der Waals surface area contributed by atoms with Crippen molar-refractivity contribution < 1.29 is 5.11 Å². The summed E-state index contributed by atoms with van der Waals surface area (Å²) >= 11 is 0. The number of nitrogen functional groups attached to an aromatic ring is 1. The quantitative estimate of drug-likeness (QED) is 0.354. The van der Waals surface area contributed by atoms with Crippen molar-refractivity contribution in [2.24, 2.45) is 5.84 Å². The summed E-state index contributed by atoms with van der Waals surface area (Å²) in [5, 5.41) is 13.2. The predicted molar refractivity (Wildman–Crippen MR) is 66.3 cm³/mol. The van der Waals surface area contributed by atoms with Crippen molar-refractivity contribution in [3.8, 4) is 0 Å². The molecule has 0 radical (unpaired) electrons. The first kappa shape index (κ1) is 12.1. The van der Waals surface area contributed by atoms with Crippen LogP contribution in [-0.2, 0) is 0 Å². The zero-order valence-electron chi connectivity index (χ0n) is 9.76. The maximum Gasteiger partial charge on any atom is 0.239 e. The van der Waals surface area contributed by atoms with Crippen LogP contribution in [-0.4, -0.2) is 27.2 Å². The van der Waals surface area contributed by atoms with Gasteiger partial charge in [-0.05, 0) is 18.9 Å². The van der Waals surface area contributed by atoms with Gasteiger partial charge in [-0.25, -0.2) is 10.8 Å². The van der Waals surface area contributed by atoms with E-state index in [9.17, 15) is 5.11 Å². The lowest BCUT2D eigenvalue weighted by Gasteiger charge is -2.22. The second-order valence-corrected chi connectivity index (χ2v) is 4.37. The van der Waals surface area contributed by atoms with Crippen LogP contribution in [0.15, 0.2) is 12.3 Å². The minimum absolute atomic E-state index is 0.0676. The molecule has 0 aromatic carbocycles. The monoisotopic (exact) mass is 237 g/mol. The minimum atomic E-state index is -0.304. The number of aliphatic hydroxyl groups excluding tert-OH is 1. The largest absolute Gasteiger partial charge is 0.391 e. The fourth-order valence-electron chi connectivity index (χ4n) is 2.16. The van der Waals surface area contributed by atoms with Crippen LogP contribution in [0.2, 0.25) is 0 Å². The third-order valence-corrected chi connectivity index (χ3v) is 3.10. The molecule has 6 heteroatoms. The van der Waals surface area contributed by atoms with E-state index in [0.717, 1.165) is 25.7 Å². The van der Waals surface area contributed by atoms with E-state index in [2.05, 4.69) is 20.7 Å². The highest BCUT2D eigenvalue weighted by molar-refractivity contribution is 5.40. The Labute approximate surface area is 101 Å². The molecule has 1 aromatic rings. The topological polar surface area (TPSA) is 96.1 Å². The summed E-state index contributed by atoms with van der Waals surface area (Å²) < 4.78 is 0. The lowest BCUT2D eigenvalue weighted by atomic mass is 10.1. The third-order valence-electron chi connectivity index (χ3n) is 3.10. The number of hydrazine groups is 1. The zero-order chi connectivity index (χ0) is 12.1. The summed E-state index contributed by atoms with van der Waals surface area (Å²) in [6, 6.07) is 1.84. The maximum atomic E-state index is 9.99. The molecular weight excluding hydrogens is 218 g/mol. The highest BCUT2D eigenvalue weighted by atomic mass is 16.3. The zero-order valence-corrected chi connectivity index (χ0v) is 9.76. The van der Waals surface area contributed by atoms with Gasteiger partial charge in [0, 0.05) is 6.20 Å². The summed E-state index contributed by atoms with van der Waals surface area (Å²) in [5.74, 6) is 6.32. The number of rotatable bonds is 3. The molecule has 2 atom stereocenters. The van der Waals surface area contributed by atoms with Gasteiger partial charge < -0.3 is 10.4 Å². The van der Waals surface area contributed by atoms with Gasteiger partial charge >= 0.3 is 0 Å². The molecule has 1 heterocycles. The first-order chi connectivity index (χ1) is 8.29. The van der Waals surface area contributed by atoms with E-state index in [1.807, 2.05) is 0 Å². The second-order valence-electron chi connectivity index (χ2n) is 4.37. The first-order valence-electron chi connectivity index (χ1n) is 6.04. The molecule has 2 unspecified atom stereocenters. The van der Waals surface area contributed by atoms with Crippen molar-refractivity contribution in [3.63, 3.8) is 0 Å². The molecule has 0 spiro atoms. The standard InChI is InChI=1S/C11H19N5O/c12-16-11-13-7-6-10(15-11)14-8-4-2-1-3-5-9(8)17/h6-9,17H,1-5,12H2,(H2,13,14,15,16). The lowest BCUT2D eigenvalue weighted by molar-refractivity contribution is 0.144. The molecule has 0 aliphatic heterocycles. The fraction of sp³-hybridized carbons (Fsp3) is 0.636. The molecule has 0 bridgehead atoms. The molecule has 5 N–H and O–H groups in total. The van der Waals surface area contributed by atoms with E-state index in [0.29, 0.717) is 11.8 Å². The Balaban J connectivity index is 2.02. The van der Waals surface area contributed by atoms with E-state index in [1.165, 1.54) is 6.42 Å². The Morgan fingerprint density at radius 1 is 1.29 bits per heavy atom. The number of hydrogen-bond donors (Lipinski definition) is 4. The van der Waals surface area contributed by atoms with E-state index in [1.54, 1.807) is 12.3 Å². The lowest BCUT2D eigenvalue weighted by Crippen LogP contribution is -2.32. The molecule has 6 nitrogen and oxygen atoms in total. The van der Waals surface area contributed by atoms with Crippen molar-refractivity contribution >= 4 is 11.8 Å². The van der Waals surface area contributed by atoms with Crippen molar-refractivity contribution in [2.75, 3.05) is 10.7 Å². The Hall–Kier alpha value is -1.40. The molecule has 1 aliphatic carbocycles. The van der Waals surface area contributed by atoms with Gasteiger partial charge in [0.1, 0.15) is 5.82 Å². The fourth-order valence-corrected chi connectivity index (χ4v) is 2.16. The summed E-state index contributed by atoms with van der Waals surface area (Å²) in [6.07, 6.45) is 6.58. The average molecular weight is 237 g/mol. The summed E-state index contributed by atoms with van der Waals surface area (Å²) in [6.45, 7) is 0. The first-order valence-corrected chi connectivity index (χ1v) is 6.04.